The fourth-order valence-electron chi connectivity index (χ4n) is 2.71. The van der Waals surface area contributed by atoms with Gasteiger partial charge in [0.2, 0.25) is 5.91 Å². The smallest absolute Gasteiger partial charge is 0.265 e. The summed E-state index contributed by atoms with van der Waals surface area (Å²) in [5.41, 5.74) is 0. The number of likely N-dealkylation sites (tertiary alicyclic amines) is 1. The van der Waals surface area contributed by atoms with Crippen molar-refractivity contribution in [3.05, 3.63) is 21.3 Å². The van der Waals surface area contributed by atoms with Crippen molar-refractivity contribution in [3.8, 4) is 0 Å². The van der Waals surface area contributed by atoms with Crippen LogP contribution in [-0.2, 0) is 4.79 Å². The lowest BCUT2D eigenvalue weighted by Gasteiger charge is -2.17. The van der Waals surface area contributed by atoms with Crippen molar-refractivity contribution in [1.82, 2.24) is 10.2 Å². The molecule has 0 unspecified atom stereocenters. The first kappa shape index (κ1) is 15.3. The third kappa shape index (κ3) is 3.33. The monoisotopic (exact) mass is 314 g/mol. The minimum atomic E-state index is -0.0421. The molecule has 0 radical (unpaired) electrons. The molecule has 2 heterocycles. The van der Waals surface area contributed by atoms with Crippen LogP contribution < -0.4 is 5.32 Å². The Morgan fingerprint density at radius 1 is 1.50 bits per heavy atom. The van der Waals surface area contributed by atoms with Gasteiger partial charge < -0.3 is 10.2 Å². The SMILES string of the molecule is CCC[C@@H]1CN(C(=O)c2sccc2Cl)C[C@H]1NC(C)=O. The van der Waals surface area contributed by atoms with Crippen LogP contribution in [0.1, 0.15) is 36.4 Å². The van der Waals surface area contributed by atoms with Gasteiger partial charge in [0.1, 0.15) is 4.88 Å². The largest absolute Gasteiger partial charge is 0.351 e. The highest BCUT2D eigenvalue weighted by Gasteiger charge is 2.36. The molecule has 1 aromatic rings. The van der Waals surface area contributed by atoms with Crippen LogP contribution in [0.4, 0.5) is 0 Å². The van der Waals surface area contributed by atoms with E-state index in [0.29, 0.717) is 28.9 Å². The number of carbonyl (C=O) groups excluding carboxylic acids is 2. The van der Waals surface area contributed by atoms with E-state index in [9.17, 15) is 9.59 Å². The number of rotatable bonds is 4. The molecule has 0 aliphatic carbocycles. The Bertz CT molecular complexity index is 503. The van der Waals surface area contributed by atoms with Gasteiger partial charge >= 0.3 is 0 Å². The van der Waals surface area contributed by atoms with E-state index >= 15 is 0 Å². The van der Waals surface area contributed by atoms with Gasteiger partial charge in [0.25, 0.3) is 5.91 Å². The maximum atomic E-state index is 12.4. The van der Waals surface area contributed by atoms with Crippen molar-refractivity contribution in [2.75, 3.05) is 13.1 Å². The molecule has 0 aromatic carbocycles. The second-order valence-corrected chi connectivity index (χ2v) is 6.49. The molecule has 1 N–H and O–H groups in total. The van der Waals surface area contributed by atoms with Crippen LogP contribution in [0, 0.1) is 5.92 Å². The summed E-state index contributed by atoms with van der Waals surface area (Å²) in [4.78, 5) is 26.1. The molecule has 0 bridgehead atoms. The maximum absolute atomic E-state index is 12.4. The van der Waals surface area contributed by atoms with Gasteiger partial charge in [-0.2, -0.15) is 0 Å². The predicted molar refractivity (Wildman–Crippen MR) is 81.2 cm³/mol. The van der Waals surface area contributed by atoms with E-state index in [4.69, 9.17) is 11.6 Å². The quantitative estimate of drug-likeness (QED) is 0.929. The molecule has 110 valence electrons. The summed E-state index contributed by atoms with van der Waals surface area (Å²) in [6.07, 6.45) is 2.05. The van der Waals surface area contributed by atoms with E-state index in [0.717, 1.165) is 12.8 Å². The summed E-state index contributed by atoms with van der Waals surface area (Å²) in [5.74, 6) is 0.255. The number of amides is 2. The zero-order valence-corrected chi connectivity index (χ0v) is 13.3. The average Bonchev–Trinajstić information content (AvgIpc) is 2.96. The molecule has 1 aromatic heterocycles. The van der Waals surface area contributed by atoms with Gasteiger partial charge in [-0.05, 0) is 23.8 Å². The van der Waals surface area contributed by atoms with Gasteiger partial charge in [0, 0.05) is 20.0 Å². The molecular weight excluding hydrogens is 296 g/mol. The van der Waals surface area contributed by atoms with E-state index < -0.39 is 0 Å². The molecule has 2 atom stereocenters. The highest BCUT2D eigenvalue weighted by atomic mass is 35.5. The van der Waals surface area contributed by atoms with Gasteiger partial charge in [0.15, 0.2) is 0 Å². The Kier molecular flexibility index (Phi) is 5.05. The molecule has 6 heteroatoms. The average molecular weight is 315 g/mol. The normalized spacial score (nSPS) is 22.1. The number of thiophene rings is 1. The van der Waals surface area contributed by atoms with Crippen molar-refractivity contribution in [2.24, 2.45) is 5.92 Å². The third-order valence-electron chi connectivity index (χ3n) is 3.59. The second-order valence-electron chi connectivity index (χ2n) is 5.16. The molecule has 2 rings (SSSR count). The highest BCUT2D eigenvalue weighted by molar-refractivity contribution is 7.12. The summed E-state index contributed by atoms with van der Waals surface area (Å²) in [5, 5.41) is 5.29. The Morgan fingerprint density at radius 3 is 2.80 bits per heavy atom. The Balaban J connectivity index is 2.09. The van der Waals surface area contributed by atoms with Crippen molar-refractivity contribution in [1.29, 1.82) is 0 Å². The van der Waals surface area contributed by atoms with Gasteiger partial charge in [-0.3, -0.25) is 9.59 Å². The summed E-state index contributed by atoms with van der Waals surface area (Å²) in [6, 6.07) is 1.79. The minimum Gasteiger partial charge on any atom is -0.351 e. The summed E-state index contributed by atoms with van der Waals surface area (Å²) in [6.45, 7) is 4.89. The molecule has 1 saturated heterocycles. The molecule has 1 aliphatic heterocycles. The Hall–Kier alpha value is -1.07. The number of carbonyl (C=O) groups is 2. The lowest BCUT2D eigenvalue weighted by Crippen LogP contribution is -2.39. The molecule has 2 amide bonds. The molecule has 4 nitrogen and oxygen atoms in total. The number of hydrogen-bond donors (Lipinski definition) is 1. The Morgan fingerprint density at radius 2 is 2.25 bits per heavy atom. The first-order valence-corrected chi connectivity index (χ1v) is 8.08. The van der Waals surface area contributed by atoms with E-state index in [-0.39, 0.29) is 17.9 Å². The second kappa shape index (κ2) is 6.59. The van der Waals surface area contributed by atoms with Crippen LogP contribution >= 0.6 is 22.9 Å². The van der Waals surface area contributed by atoms with Crippen LogP contribution in [0.5, 0.6) is 0 Å². The minimum absolute atomic E-state index is 0.0287. The number of nitrogens with one attached hydrogen (secondary N) is 1. The molecule has 0 spiro atoms. The van der Waals surface area contributed by atoms with Crippen LogP contribution in [0.25, 0.3) is 0 Å². The molecule has 1 aliphatic rings. The Labute approximate surface area is 128 Å². The number of nitrogens with zero attached hydrogens (tertiary/aromatic N) is 1. The van der Waals surface area contributed by atoms with E-state index in [1.54, 1.807) is 11.0 Å². The van der Waals surface area contributed by atoms with Crippen molar-refractivity contribution in [3.63, 3.8) is 0 Å². The first-order chi connectivity index (χ1) is 9.52. The molecular formula is C14H19ClN2O2S. The van der Waals surface area contributed by atoms with Crippen molar-refractivity contribution in [2.45, 2.75) is 32.7 Å². The zero-order chi connectivity index (χ0) is 14.7. The van der Waals surface area contributed by atoms with E-state index in [1.165, 1.54) is 18.3 Å². The van der Waals surface area contributed by atoms with Crippen LogP contribution in [0.3, 0.4) is 0 Å². The summed E-state index contributed by atoms with van der Waals surface area (Å²) < 4.78 is 0. The topological polar surface area (TPSA) is 49.4 Å². The van der Waals surface area contributed by atoms with E-state index in [2.05, 4.69) is 12.2 Å². The lowest BCUT2D eigenvalue weighted by atomic mass is 9.98. The third-order valence-corrected chi connectivity index (χ3v) is 4.92. The van der Waals surface area contributed by atoms with Gasteiger partial charge in [-0.15, -0.1) is 11.3 Å². The summed E-state index contributed by atoms with van der Waals surface area (Å²) in [7, 11) is 0. The highest BCUT2D eigenvalue weighted by Crippen LogP contribution is 2.28. The van der Waals surface area contributed by atoms with Crippen LogP contribution in [0.2, 0.25) is 5.02 Å². The number of hydrogen-bond acceptors (Lipinski definition) is 3. The zero-order valence-electron chi connectivity index (χ0n) is 11.7. The summed E-state index contributed by atoms with van der Waals surface area (Å²) >= 11 is 7.39. The lowest BCUT2D eigenvalue weighted by molar-refractivity contribution is -0.119. The maximum Gasteiger partial charge on any atom is 0.265 e. The van der Waals surface area contributed by atoms with Gasteiger partial charge in [-0.25, -0.2) is 0 Å². The van der Waals surface area contributed by atoms with Crippen molar-refractivity contribution >= 4 is 34.8 Å². The fraction of sp³-hybridized carbons (Fsp3) is 0.571. The van der Waals surface area contributed by atoms with E-state index in [1.807, 2.05) is 5.38 Å². The standard InChI is InChI=1S/C14H19ClN2O2S/c1-3-4-10-7-17(8-12(10)16-9(2)18)14(19)13-11(15)5-6-20-13/h5-6,10,12H,3-4,7-8H2,1-2H3,(H,16,18)/t10-,12-/m1/s1. The molecule has 0 saturated carbocycles. The first-order valence-electron chi connectivity index (χ1n) is 6.82. The molecule has 20 heavy (non-hydrogen) atoms. The van der Waals surface area contributed by atoms with Crippen molar-refractivity contribution < 1.29 is 9.59 Å². The molecule has 1 fully saturated rings. The van der Waals surface area contributed by atoms with Gasteiger partial charge in [0.05, 0.1) is 11.1 Å². The van der Waals surface area contributed by atoms with Gasteiger partial charge in [-0.1, -0.05) is 24.9 Å². The van der Waals surface area contributed by atoms with Crippen LogP contribution in [0.15, 0.2) is 11.4 Å². The number of halogens is 1. The predicted octanol–water partition coefficient (Wildman–Crippen LogP) is 2.78. The van der Waals surface area contributed by atoms with Crippen LogP contribution in [-0.4, -0.2) is 35.8 Å². The fourth-order valence-corrected chi connectivity index (χ4v) is 3.82.